The summed E-state index contributed by atoms with van der Waals surface area (Å²) in [5.41, 5.74) is 1.37. The molecule has 6 atom stereocenters. The summed E-state index contributed by atoms with van der Waals surface area (Å²) in [5.74, 6) is 0.106. The first kappa shape index (κ1) is 22.4. The van der Waals surface area contributed by atoms with Crippen LogP contribution in [0.2, 0.25) is 0 Å². The van der Waals surface area contributed by atoms with Crippen LogP contribution in [0.4, 0.5) is 0 Å². The van der Waals surface area contributed by atoms with Gasteiger partial charge in [-0.1, -0.05) is 44.2 Å². The number of aromatic nitrogens is 1. The average Bonchev–Trinajstić information content (AvgIpc) is 3.13. The maximum absolute atomic E-state index is 13.2. The second kappa shape index (κ2) is 8.30. The summed E-state index contributed by atoms with van der Waals surface area (Å²) in [4.78, 5) is 19.3. The molecular formula is C25H34N2O3S. The van der Waals surface area contributed by atoms with Gasteiger partial charge in [0.1, 0.15) is 0 Å². The Labute approximate surface area is 188 Å². The van der Waals surface area contributed by atoms with Gasteiger partial charge in [-0.25, -0.2) is 4.98 Å². The van der Waals surface area contributed by atoms with E-state index in [-0.39, 0.29) is 35.8 Å². The molecule has 1 amide bonds. The van der Waals surface area contributed by atoms with Crippen LogP contribution < -0.4 is 5.32 Å². The lowest BCUT2D eigenvalue weighted by Gasteiger charge is -2.58. The summed E-state index contributed by atoms with van der Waals surface area (Å²) in [6.45, 7) is 8.23. The summed E-state index contributed by atoms with van der Waals surface area (Å²) < 4.78 is 0. The molecule has 0 radical (unpaired) electrons. The zero-order valence-electron chi connectivity index (χ0n) is 18.9. The van der Waals surface area contributed by atoms with Crippen molar-refractivity contribution < 1.29 is 15.0 Å². The highest BCUT2D eigenvalue weighted by atomic mass is 32.1. The second-order valence-corrected chi connectivity index (χ2v) is 11.3. The number of carbonyl (C=O) groups excluding carboxylic acids is 1. The lowest BCUT2D eigenvalue weighted by Crippen LogP contribution is -2.57. The first-order valence-corrected chi connectivity index (χ1v) is 12.1. The number of thiazole rings is 1. The molecule has 2 aliphatic rings. The molecule has 0 aliphatic heterocycles. The number of aliphatic hydroxyl groups is 2. The van der Waals surface area contributed by atoms with E-state index in [0.717, 1.165) is 29.1 Å². The highest BCUT2D eigenvalue weighted by Crippen LogP contribution is 2.62. The number of hydrogen-bond acceptors (Lipinski definition) is 5. The van der Waals surface area contributed by atoms with Gasteiger partial charge in [-0.3, -0.25) is 4.79 Å². The Morgan fingerprint density at radius 3 is 2.71 bits per heavy atom. The molecule has 1 heterocycles. The molecule has 2 aromatic rings. The van der Waals surface area contributed by atoms with E-state index in [1.807, 2.05) is 51.1 Å². The van der Waals surface area contributed by atoms with E-state index in [9.17, 15) is 15.0 Å². The number of amides is 1. The Hall–Kier alpha value is -1.76. The van der Waals surface area contributed by atoms with Crippen LogP contribution in [0.1, 0.15) is 73.1 Å². The lowest BCUT2D eigenvalue weighted by atomic mass is 9.47. The summed E-state index contributed by atoms with van der Waals surface area (Å²) in [6, 6.07) is 9.94. The molecule has 6 heteroatoms. The molecule has 1 aromatic carbocycles. The highest BCUT2D eigenvalue weighted by Gasteiger charge is 2.59. The fourth-order valence-electron chi connectivity index (χ4n) is 6.08. The van der Waals surface area contributed by atoms with Crippen LogP contribution in [0, 0.1) is 23.7 Å². The van der Waals surface area contributed by atoms with Crippen LogP contribution in [-0.4, -0.2) is 33.8 Å². The fourth-order valence-corrected chi connectivity index (χ4v) is 7.12. The van der Waals surface area contributed by atoms with Crippen molar-refractivity contribution in [2.45, 2.75) is 71.4 Å². The molecule has 1 aromatic heterocycles. The molecule has 31 heavy (non-hydrogen) atoms. The number of benzene rings is 1. The van der Waals surface area contributed by atoms with Crippen molar-refractivity contribution >= 4 is 17.2 Å². The fraction of sp³-hybridized carbons (Fsp3) is 0.600. The Kier molecular flexibility index (Phi) is 6.01. The van der Waals surface area contributed by atoms with Crippen molar-refractivity contribution in [1.29, 1.82) is 0 Å². The van der Waals surface area contributed by atoms with Gasteiger partial charge in [0, 0.05) is 22.6 Å². The van der Waals surface area contributed by atoms with Crippen LogP contribution in [0.25, 0.3) is 0 Å². The Balaban J connectivity index is 1.64. The Morgan fingerprint density at radius 2 is 2.03 bits per heavy atom. The van der Waals surface area contributed by atoms with Crippen molar-refractivity contribution in [3.8, 4) is 0 Å². The molecular weight excluding hydrogens is 408 g/mol. The van der Waals surface area contributed by atoms with Gasteiger partial charge < -0.3 is 15.5 Å². The van der Waals surface area contributed by atoms with Gasteiger partial charge in [0.25, 0.3) is 0 Å². The largest absolute Gasteiger partial charge is 0.396 e. The highest BCUT2D eigenvalue weighted by molar-refractivity contribution is 7.11. The van der Waals surface area contributed by atoms with E-state index in [1.54, 1.807) is 11.3 Å². The number of rotatable bonds is 5. The van der Waals surface area contributed by atoms with Crippen molar-refractivity contribution in [1.82, 2.24) is 10.3 Å². The van der Waals surface area contributed by atoms with Crippen molar-refractivity contribution in [3.63, 3.8) is 0 Å². The number of hydrogen-bond donors (Lipinski definition) is 3. The van der Waals surface area contributed by atoms with E-state index < -0.39 is 11.5 Å². The van der Waals surface area contributed by atoms with Crippen molar-refractivity contribution in [2.24, 2.45) is 16.7 Å². The molecule has 1 saturated carbocycles. The van der Waals surface area contributed by atoms with Crippen LogP contribution in [0.5, 0.6) is 0 Å². The van der Waals surface area contributed by atoms with Gasteiger partial charge in [0.2, 0.25) is 5.91 Å². The van der Waals surface area contributed by atoms with E-state index in [0.29, 0.717) is 12.8 Å². The first-order valence-electron chi connectivity index (χ1n) is 11.3. The molecule has 5 nitrogen and oxygen atoms in total. The van der Waals surface area contributed by atoms with Crippen molar-refractivity contribution in [2.75, 3.05) is 6.61 Å². The third-order valence-corrected chi connectivity index (χ3v) is 9.08. The summed E-state index contributed by atoms with van der Waals surface area (Å²) in [5, 5.41) is 25.3. The predicted octanol–water partition coefficient (Wildman–Crippen LogP) is 4.13. The summed E-state index contributed by atoms with van der Waals surface area (Å²) in [6.07, 6.45) is 2.12. The standard InChI is InChI=1S/C25H34N2O3S/c1-15(17-8-6-5-7-9-17)26-22(30)12-18-23-19(31-16(2)27-23)13-20-24(18,3)11-10-21(29)25(20,4)14-28/h5-9,15,18,20-21,28-29H,10-14H2,1-4H3,(H,26,30). The maximum atomic E-state index is 13.2. The van der Waals surface area contributed by atoms with Gasteiger partial charge in [-0.2, -0.15) is 0 Å². The monoisotopic (exact) mass is 442 g/mol. The molecule has 2 aliphatic carbocycles. The molecule has 4 rings (SSSR count). The van der Waals surface area contributed by atoms with Gasteiger partial charge in [-0.15, -0.1) is 11.3 Å². The summed E-state index contributed by atoms with van der Waals surface area (Å²) in [7, 11) is 0. The van der Waals surface area contributed by atoms with Crippen LogP contribution >= 0.6 is 11.3 Å². The van der Waals surface area contributed by atoms with E-state index in [4.69, 9.17) is 4.98 Å². The van der Waals surface area contributed by atoms with Crippen molar-refractivity contribution in [3.05, 3.63) is 51.5 Å². The van der Waals surface area contributed by atoms with Gasteiger partial charge >= 0.3 is 0 Å². The minimum absolute atomic E-state index is 0.0208. The summed E-state index contributed by atoms with van der Waals surface area (Å²) >= 11 is 1.69. The smallest absolute Gasteiger partial charge is 0.221 e. The van der Waals surface area contributed by atoms with Gasteiger partial charge in [0.15, 0.2) is 0 Å². The van der Waals surface area contributed by atoms with E-state index in [2.05, 4.69) is 12.2 Å². The number of nitrogens with one attached hydrogen (secondary N) is 1. The normalized spacial score (nSPS) is 33.3. The molecule has 0 spiro atoms. The molecule has 6 unspecified atom stereocenters. The quantitative estimate of drug-likeness (QED) is 0.650. The minimum atomic E-state index is -0.575. The molecule has 1 fully saturated rings. The number of aliphatic hydroxyl groups excluding tert-OH is 2. The predicted molar refractivity (Wildman–Crippen MR) is 123 cm³/mol. The minimum Gasteiger partial charge on any atom is -0.396 e. The van der Waals surface area contributed by atoms with E-state index >= 15 is 0 Å². The van der Waals surface area contributed by atoms with E-state index in [1.165, 1.54) is 4.88 Å². The molecule has 0 bridgehead atoms. The van der Waals surface area contributed by atoms with Crippen LogP contribution in [0.15, 0.2) is 30.3 Å². The number of nitrogens with zero attached hydrogens (tertiary/aromatic N) is 1. The molecule has 0 saturated heterocycles. The molecule has 3 N–H and O–H groups in total. The SMILES string of the molecule is Cc1nc2c(s1)CC1C(C)(CO)C(O)CCC1(C)C2CC(=O)NC(C)c1ccccc1. The Morgan fingerprint density at radius 1 is 1.32 bits per heavy atom. The number of aryl methyl sites for hydroxylation is 1. The first-order chi connectivity index (χ1) is 14.7. The third-order valence-electron chi connectivity index (χ3n) is 8.07. The van der Waals surface area contributed by atoms with Crippen LogP contribution in [0.3, 0.4) is 0 Å². The topological polar surface area (TPSA) is 82.5 Å². The third kappa shape index (κ3) is 3.83. The lowest BCUT2D eigenvalue weighted by molar-refractivity contribution is -0.144. The number of fused-ring (bicyclic) bond motifs is 2. The average molecular weight is 443 g/mol. The van der Waals surface area contributed by atoms with Gasteiger partial charge in [-0.05, 0) is 50.0 Å². The maximum Gasteiger partial charge on any atom is 0.221 e. The second-order valence-electron chi connectivity index (χ2n) is 9.98. The Bertz CT molecular complexity index is 945. The molecule has 168 valence electrons. The number of carbonyl (C=O) groups is 1. The van der Waals surface area contributed by atoms with Gasteiger partial charge in [0.05, 0.1) is 29.5 Å². The zero-order valence-corrected chi connectivity index (χ0v) is 19.7. The van der Waals surface area contributed by atoms with Crippen LogP contribution in [-0.2, 0) is 11.2 Å². The zero-order chi connectivity index (χ0) is 22.4.